The number of aromatic nitrogens is 4. The number of hydrogen-bond donors (Lipinski definition) is 1. The number of benzene rings is 2. The highest BCUT2D eigenvalue weighted by atomic mass is 35.5. The lowest BCUT2D eigenvalue weighted by atomic mass is 10.0. The molecule has 1 aliphatic heterocycles. The second-order valence-electron chi connectivity index (χ2n) is 9.73. The minimum atomic E-state index is -0.506. The lowest BCUT2D eigenvalue weighted by Crippen LogP contribution is -2.44. The summed E-state index contributed by atoms with van der Waals surface area (Å²) in [7, 11) is 0. The summed E-state index contributed by atoms with van der Waals surface area (Å²) in [5.74, 6) is 1.31. The van der Waals surface area contributed by atoms with E-state index in [0.717, 1.165) is 34.4 Å². The highest BCUT2D eigenvalue weighted by molar-refractivity contribution is 6.34. The van der Waals surface area contributed by atoms with Gasteiger partial charge in [-0.05, 0) is 45.7 Å². The fourth-order valence-electron chi connectivity index (χ4n) is 4.20. The van der Waals surface area contributed by atoms with E-state index < -0.39 is 5.60 Å². The molecule has 0 unspecified atom stereocenters. The van der Waals surface area contributed by atoms with Crippen LogP contribution in [0.15, 0.2) is 48.5 Å². The Hall–Kier alpha value is -3.72. The van der Waals surface area contributed by atoms with Crippen molar-refractivity contribution in [3.05, 3.63) is 53.7 Å². The van der Waals surface area contributed by atoms with Crippen LogP contribution in [0.1, 0.15) is 33.6 Å². The molecule has 0 spiro atoms. The molecule has 3 heterocycles. The number of ether oxygens (including phenoxy) is 2. The van der Waals surface area contributed by atoms with Crippen LogP contribution in [0.25, 0.3) is 21.5 Å². The first kappa shape index (κ1) is 24.0. The minimum absolute atomic E-state index is 0.152. The summed E-state index contributed by atoms with van der Waals surface area (Å²) in [5, 5.41) is 23.9. The Kier molecular flexibility index (Phi) is 6.49. The zero-order chi connectivity index (χ0) is 25.3. The number of hydrogen-bond acceptors (Lipinski definition) is 8. The van der Waals surface area contributed by atoms with Gasteiger partial charge in [-0.1, -0.05) is 48.0 Å². The molecule has 0 bridgehead atoms. The van der Waals surface area contributed by atoms with E-state index >= 15 is 0 Å². The topological polar surface area (TPSA) is 102 Å². The van der Waals surface area contributed by atoms with Gasteiger partial charge in [0.05, 0.1) is 0 Å². The number of carbonyl (C=O) groups is 1. The van der Waals surface area contributed by atoms with Gasteiger partial charge >= 0.3 is 6.09 Å². The lowest BCUT2D eigenvalue weighted by molar-refractivity contribution is 0.0210. The number of anilines is 1. The standard InChI is InChI=1S/C26H27ClN6O3/c1-26(2,3)36-25(34)33-14-12-16(13-15-33)28-22-18-9-5-7-11-20(18)24(32-30-22)35-23-19-10-6-4-8-17(19)21(27)29-31-23/h4-11,16H,12-15H2,1-3H3,(H,28,30). The highest BCUT2D eigenvalue weighted by Gasteiger charge is 2.27. The van der Waals surface area contributed by atoms with E-state index in [9.17, 15) is 4.79 Å². The van der Waals surface area contributed by atoms with E-state index in [1.54, 1.807) is 4.90 Å². The largest absolute Gasteiger partial charge is 0.444 e. The Morgan fingerprint density at radius 1 is 0.889 bits per heavy atom. The highest BCUT2D eigenvalue weighted by Crippen LogP contribution is 2.34. The number of likely N-dealkylation sites (tertiary alicyclic amines) is 1. The maximum atomic E-state index is 12.4. The van der Waals surface area contributed by atoms with E-state index in [1.165, 1.54) is 0 Å². The molecule has 36 heavy (non-hydrogen) atoms. The molecule has 2 aromatic heterocycles. The third-order valence-electron chi connectivity index (χ3n) is 5.94. The van der Waals surface area contributed by atoms with E-state index in [0.29, 0.717) is 35.8 Å². The summed E-state index contributed by atoms with van der Waals surface area (Å²) in [6.07, 6.45) is 1.28. The van der Waals surface area contributed by atoms with Crippen molar-refractivity contribution in [3.63, 3.8) is 0 Å². The Bertz CT molecular complexity index is 1420. The van der Waals surface area contributed by atoms with Gasteiger partial charge in [0.1, 0.15) is 5.60 Å². The van der Waals surface area contributed by atoms with Crippen molar-refractivity contribution < 1.29 is 14.3 Å². The zero-order valence-corrected chi connectivity index (χ0v) is 21.1. The number of carbonyl (C=O) groups excluding carboxylic acids is 1. The first-order valence-corrected chi connectivity index (χ1v) is 12.2. The second kappa shape index (κ2) is 9.73. The summed E-state index contributed by atoms with van der Waals surface area (Å²) >= 11 is 6.20. The number of nitrogens with one attached hydrogen (secondary N) is 1. The molecule has 9 nitrogen and oxygen atoms in total. The molecule has 0 saturated carbocycles. The average molecular weight is 507 g/mol. The number of rotatable bonds is 4. The van der Waals surface area contributed by atoms with Gasteiger partial charge in [-0.3, -0.25) is 0 Å². The number of amides is 1. The van der Waals surface area contributed by atoms with E-state index in [4.69, 9.17) is 21.1 Å². The van der Waals surface area contributed by atoms with E-state index in [1.807, 2.05) is 69.3 Å². The van der Waals surface area contributed by atoms with E-state index in [2.05, 4.69) is 25.7 Å². The maximum absolute atomic E-state index is 12.4. The summed E-state index contributed by atoms with van der Waals surface area (Å²) < 4.78 is 11.6. The summed E-state index contributed by atoms with van der Waals surface area (Å²) in [6.45, 7) is 6.85. The third kappa shape index (κ3) is 5.11. The predicted octanol–water partition coefficient (Wildman–Crippen LogP) is 5.83. The fourth-order valence-corrected chi connectivity index (χ4v) is 4.40. The van der Waals surface area contributed by atoms with Gasteiger partial charge in [0.25, 0.3) is 0 Å². The molecule has 5 rings (SSSR count). The molecule has 0 atom stereocenters. The van der Waals surface area contributed by atoms with Crippen LogP contribution in [-0.2, 0) is 4.74 Å². The first-order chi connectivity index (χ1) is 17.3. The molecule has 4 aromatic rings. The Balaban J connectivity index is 1.34. The van der Waals surface area contributed by atoms with Gasteiger partial charge < -0.3 is 19.7 Å². The van der Waals surface area contributed by atoms with Crippen LogP contribution >= 0.6 is 11.6 Å². The summed E-state index contributed by atoms with van der Waals surface area (Å²) in [4.78, 5) is 14.1. The van der Waals surface area contributed by atoms with Crippen LogP contribution in [0.2, 0.25) is 5.15 Å². The quantitative estimate of drug-likeness (QED) is 0.369. The third-order valence-corrected chi connectivity index (χ3v) is 6.22. The van der Waals surface area contributed by atoms with Crippen molar-refractivity contribution in [2.75, 3.05) is 18.4 Å². The molecule has 0 aliphatic carbocycles. The first-order valence-electron chi connectivity index (χ1n) is 11.9. The molecular formula is C26H27ClN6O3. The van der Waals surface area contributed by atoms with Gasteiger partial charge in [-0.15, -0.1) is 20.4 Å². The minimum Gasteiger partial charge on any atom is -0.444 e. The average Bonchev–Trinajstić information content (AvgIpc) is 2.86. The Morgan fingerprint density at radius 3 is 2.08 bits per heavy atom. The summed E-state index contributed by atoms with van der Waals surface area (Å²) in [5.41, 5.74) is -0.506. The van der Waals surface area contributed by atoms with Crippen LogP contribution in [-0.4, -0.2) is 56.1 Å². The predicted molar refractivity (Wildman–Crippen MR) is 139 cm³/mol. The maximum Gasteiger partial charge on any atom is 0.410 e. The Morgan fingerprint density at radius 2 is 1.44 bits per heavy atom. The summed E-state index contributed by atoms with van der Waals surface area (Å²) in [6, 6.07) is 15.4. The molecule has 0 radical (unpaired) electrons. The zero-order valence-electron chi connectivity index (χ0n) is 20.4. The number of halogens is 1. The number of fused-ring (bicyclic) bond motifs is 2. The monoisotopic (exact) mass is 506 g/mol. The fraction of sp³-hybridized carbons (Fsp3) is 0.346. The van der Waals surface area contributed by atoms with Gasteiger partial charge in [0, 0.05) is 40.7 Å². The molecule has 2 aromatic carbocycles. The van der Waals surface area contributed by atoms with Crippen LogP contribution < -0.4 is 10.1 Å². The van der Waals surface area contributed by atoms with Crippen molar-refractivity contribution in [2.24, 2.45) is 0 Å². The molecular weight excluding hydrogens is 480 g/mol. The van der Waals surface area contributed by atoms with Crippen LogP contribution in [0.3, 0.4) is 0 Å². The van der Waals surface area contributed by atoms with Crippen LogP contribution in [0, 0.1) is 0 Å². The smallest absolute Gasteiger partial charge is 0.410 e. The van der Waals surface area contributed by atoms with Crippen LogP contribution in [0.4, 0.5) is 10.6 Å². The molecule has 1 saturated heterocycles. The molecule has 186 valence electrons. The van der Waals surface area contributed by atoms with Crippen molar-refractivity contribution in [3.8, 4) is 11.8 Å². The Labute approximate surface area is 213 Å². The molecule has 1 fully saturated rings. The molecule has 1 aliphatic rings. The van der Waals surface area contributed by atoms with Gasteiger partial charge in [-0.2, -0.15) is 0 Å². The molecule has 1 N–H and O–H groups in total. The molecule has 10 heteroatoms. The van der Waals surface area contributed by atoms with Crippen molar-refractivity contribution in [1.29, 1.82) is 0 Å². The lowest BCUT2D eigenvalue weighted by Gasteiger charge is -2.34. The van der Waals surface area contributed by atoms with Crippen molar-refractivity contribution in [1.82, 2.24) is 25.3 Å². The van der Waals surface area contributed by atoms with E-state index in [-0.39, 0.29) is 12.1 Å². The van der Waals surface area contributed by atoms with Crippen molar-refractivity contribution >= 4 is 45.1 Å². The van der Waals surface area contributed by atoms with Crippen molar-refractivity contribution in [2.45, 2.75) is 45.3 Å². The van der Waals surface area contributed by atoms with Gasteiger partial charge in [-0.25, -0.2) is 4.79 Å². The molecule has 1 amide bonds. The normalized spacial score (nSPS) is 14.7. The SMILES string of the molecule is CC(C)(C)OC(=O)N1CCC(Nc2nnc(Oc3nnc(Cl)c4ccccc34)c3ccccc23)CC1. The van der Waals surface area contributed by atoms with Gasteiger partial charge in [0.15, 0.2) is 11.0 Å². The van der Waals surface area contributed by atoms with Gasteiger partial charge in [0.2, 0.25) is 11.8 Å². The number of piperidine rings is 1. The van der Waals surface area contributed by atoms with Crippen LogP contribution in [0.5, 0.6) is 11.8 Å². The number of nitrogens with zero attached hydrogens (tertiary/aromatic N) is 5. The second-order valence-corrected chi connectivity index (χ2v) is 10.1.